The topological polar surface area (TPSA) is 83.0 Å². The molecule has 0 spiro atoms. The predicted molar refractivity (Wildman–Crippen MR) is 108 cm³/mol. The number of halogens is 1. The molecule has 0 radical (unpaired) electrons. The van der Waals surface area contributed by atoms with Gasteiger partial charge in [-0.2, -0.15) is 0 Å². The molecule has 146 valence electrons. The maximum absolute atomic E-state index is 14.1. The van der Waals surface area contributed by atoms with Crippen LogP contribution in [-0.2, 0) is 0 Å². The minimum absolute atomic E-state index is 0.326. The number of anilines is 1. The van der Waals surface area contributed by atoms with Gasteiger partial charge in [0.05, 0.1) is 6.04 Å². The molecule has 0 saturated carbocycles. The number of aryl methyl sites for hydroxylation is 1. The Bertz CT molecular complexity index is 1010. The van der Waals surface area contributed by atoms with E-state index in [0.717, 1.165) is 32.9 Å². The largest absolute Gasteiger partial charge is 0.332 e. The number of urea groups is 1. The molecular weight excluding hydrogens is 379 g/mol. The minimum atomic E-state index is -1.08. The van der Waals surface area contributed by atoms with Crippen LogP contribution in [-0.4, -0.2) is 58.5 Å². The summed E-state index contributed by atoms with van der Waals surface area (Å²) in [5, 5.41) is 17.3. The van der Waals surface area contributed by atoms with Crippen molar-refractivity contribution in [2.24, 2.45) is 0 Å². The Kier molecular flexibility index (Phi) is 5.19. The van der Waals surface area contributed by atoms with Crippen LogP contribution in [0.3, 0.4) is 0 Å². The van der Waals surface area contributed by atoms with Gasteiger partial charge in [0.1, 0.15) is 22.0 Å². The first-order chi connectivity index (χ1) is 13.5. The predicted octanol–water partition coefficient (Wildman–Crippen LogP) is 3.23. The van der Waals surface area contributed by atoms with Gasteiger partial charge in [0.2, 0.25) is 0 Å². The summed E-state index contributed by atoms with van der Waals surface area (Å²) in [7, 11) is 1.87. The maximum Gasteiger partial charge on any atom is 0.320 e. The highest BCUT2D eigenvalue weighted by atomic mass is 32.1. The lowest BCUT2D eigenvalue weighted by molar-refractivity contribution is 0.127. The Morgan fingerprint density at radius 2 is 2.14 bits per heavy atom. The number of hydrogen-bond donors (Lipinski definition) is 2. The van der Waals surface area contributed by atoms with Gasteiger partial charge in [-0.15, -0.1) is 10.2 Å². The Morgan fingerprint density at radius 3 is 2.89 bits per heavy atom. The van der Waals surface area contributed by atoms with Crippen molar-refractivity contribution < 1.29 is 9.18 Å². The number of amides is 2. The van der Waals surface area contributed by atoms with Gasteiger partial charge in [-0.25, -0.2) is 14.2 Å². The van der Waals surface area contributed by atoms with Crippen LogP contribution < -0.4 is 10.6 Å². The van der Waals surface area contributed by atoms with Crippen LogP contribution >= 0.6 is 11.3 Å². The molecule has 2 N–H and O–H groups in total. The molecule has 9 heteroatoms. The molecule has 0 bridgehead atoms. The standard InChI is InChI=1S/C19H21FN6OS/c1-11-24-25-18(28-11)12-3-4-13-9-21-17(8-14(13)7-12)23-19(27)22-16-5-6-26(2)10-15(16)20/h3-4,7-9,15-16H,5-6,10H2,1-2H3,(H2,21,22,23,27)/t15-,16-/m0/s1. The Labute approximate surface area is 166 Å². The molecule has 2 atom stereocenters. The van der Waals surface area contributed by atoms with Crippen LogP contribution in [0.2, 0.25) is 0 Å². The Morgan fingerprint density at radius 1 is 1.29 bits per heavy atom. The highest BCUT2D eigenvalue weighted by Gasteiger charge is 2.28. The van der Waals surface area contributed by atoms with Gasteiger partial charge in [0, 0.05) is 30.2 Å². The van der Waals surface area contributed by atoms with Crippen molar-refractivity contribution in [3.63, 3.8) is 0 Å². The summed E-state index contributed by atoms with van der Waals surface area (Å²) in [6, 6.07) is 6.81. The number of benzene rings is 1. The number of hydrogen-bond acceptors (Lipinski definition) is 6. The van der Waals surface area contributed by atoms with Crippen molar-refractivity contribution in [1.29, 1.82) is 0 Å². The first-order valence-corrected chi connectivity index (χ1v) is 9.90. The summed E-state index contributed by atoms with van der Waals surface area (Å²) in [5.41, 5.74) is 0.964. The molecule has 2 amide bonds. The van der Waals surface area contributed by atoms with Gasteiger partial charge in [-0.05, 0) is 37.9 Å². The van der Waals surface area contributed by atoms with E-state index >= 15 is 0 Å². The zero-order valence-corrected chi connectivity index (χ0v) is 16.5. The Balaban J connectivity index is 1.48. The fourth-order valence-corrected chi connectivity index (χ4v) is 3.98. The smallest absolute Gasteiger partial charge is 0.320 e. The zero-order valence-electron chi connectivity index (χ0n) is 15.6. The third kappa shape index (κ3) is 4.10. The third-order valence-corrected chi connectivity index (χ3v) is 5.69. The van der Waals surface area contributed by atoms with Gasteiger partial charge >= 0.3 is 6.03 Å². The molecule has 2 aromatic heterocycles. The summed E-state index contributed by atoms with van der Waals surface area (Å²) < 4.78 is 14.1. The number of nitrogens with one attached hydrogen (secondary N) is 2. The average Bonchev–Trinajstić information content (AvgIpc) is 3.10. The number of rotatable bonds is 3. The van der Waals surface area contributed by atoms with E-state index in [1.165, 1.54) is 11.3 Å². The van der Waals surface area contributed by atoms with Crippen LogP contribution in [0.15, 0.2) is 30.5 Å². The lowest BCUT2D eigenvalue weighted by Gasteiger charge is -2.32. The van der Waals surface area contributed by atoms with Crippen LogP contribution in [0, 0.1) is 6.92 Å². The molecule has 1 fully saturated rings. The molecule has 0 aliphatic carbocycles. The van der Waals surface area contributed by atoms with E-state index in [1.54, 1.807) is 12.3 Å². The van der Waals surface area contributed by atoms with Crippen LogP contribution in [0.1, 0.15) is 11.4 Å². The molecule has 1 aliphatic rings. The number of alkyl halides is 1. The quantitative estimate of drug-likeness (QED) is 0.705. The van der Waals surface area contributed by atoms with Gasteiger partial charge < -0.3 is 10.2 Å². The summed E-state index contributed by atoms with van der Waals surface area (Å²) in [6.45, 7) is 3.00. The highest BCUT2D eigenvalue weighted by molar-refractivity contribution is 7.14. The van der Waals surface area contributed by atoms with Crippen LogP contribution in [0.5, 0.6) is 0 Å². The second-order valence-electron chi connectivity index (χ2n) is 7.03. The fourth-order valence-electron chi connectivity index (χ4n) is 3.30. The molecule has 1 saturated heterocycles. The molecular formula is C19H21FN6OS. The van der Waals surface area contributed by atoms with E-state index in [2.05, 4.69) is 25.8 Å². The molecule has 4 rings (SSSR count). The summed E-state index contributed by atoms with van der Waals surface area (Å²) in [6.07, 6.45) is 1.21. The third-order valence-electron chi connectivity index (χ3n) is 4.80. The van der Waals surface area contributed by atoms with Crippen molar-refractivity contribution in [3.05, 3.63) is 35.5 Å². The number of pyridine rings is 1. The molecule has 1 aromatic carbocycles. The number of nitrogens with zero attached hydrogens (tertiary/aromatic N) is 4. The monoisotopic (exact) mass is 400 g/mol. The number of piperidine rings is 1. The maximum atomic E-state index is 14.1. The van der Waals surface area contributed by atoms with Crippen molar-refractivity contribution in [2.45, 2.75) is 25.6 Å². The number of carbonyl (C=O) groups excluding carboxylic acids is 1. The zero-order chi connectivity index (χ0) is 19.7. The van der Waals surface area contributed by atoms with Crippen molar-refractivity contribution in [2.75, 3.05) is 25.5 Å². The van der Waals surface area contributed by atoms with E-state index in [4.69, 9.17) is 0 Å². The van der Waals surface area contributed by atoms with E-state index in [9.17, 15) is 9.18 Å². The van der Waals surface area contributed by atoms with E-state index in [0.29, 0.717) is 18.8 Å². The molecule has 28 heavy (non-hydrogen) atoms. The molecule has 0 unspecified atom stereocenters. The van der Waals surface area contributed by atoms with Crippen molar-refractivity contribution in [1.82, 2.24) is 25.4 Å². The van der Waals surface area contributed by atoms with Gasteiger partial charge in [0.25, 0.3) is 0 Å². The van der Waals surface area contributed by atoms with Crippen LogP contribution in [0.4, 0.5) is 15.0 Å². The highest BCUT2D eigenvalue weighted by Crippen LogP contribution is 2.27. The summed E-state index contributed by atoms with van der Waals surface area (Å²) >= 11 is 1.53. The molecule has 7 nitrogen and oxygen atoms in total. The van der Waals surface area contributed by atoms with E-state index < -0.39 is 18.2 Å². The van der Waals surface area contributed by atoms with Crippen molar-refractivity contribution >= 4 is 34.0 Å². The minimum Gasteiger partial charge on any atom is -0.332 e. The lowest BCUT2D eigenvalue weighted by Crippen LogP contribution is -2.52. The molecule has 1 aliphatic heterocycles. The number of aromatic nitrogens is 3. The van der Waals surface area contributed by atoms with Gasteiger partial charge in [-0.1, -0.05) is 23.5 Å². The number of carbonyl (C=O) groups is 1. The van der Waals surface area contributed by atoms with Crippen molar-refractivity contribution in [3.8, 4) is 10.6 Å². The van der Waals surface area contributed by atoms with Gasteiger partial charge in [0.15, 0.2) is 0 Å². The van der Waals surface area contributed by atoms with E-state index in [1.807, 2.05) is 37.1 Å². The molecule has 3 aromatic rings. The average molecular weight is 400 g/mol. The summed E-state index contributed by atoms with van der Waals surface area (Å²) in [5.74, 6) is 0.416. The van der Waals surface area contributed by atoms with E-state index in [-0.39, 0.29) is 0 Å². The van der Waals surface area contributed by atoms with Gasteiger partial charge in [-0.3, -0.25) is 5.32 Å². The second-order valence-corrected chi connectivity index (χ2v) is 8.21. The number of fused-ring (bicyclic) bond motifs is 1. The SMILES string of the molecule is Cc1nnc(-c2ccc3cnc(NC(=O)N[C@H]4CCN(C)C[C@@H]4F)cc3c2)s1. The Hall–Kier alpha value is -2.65. The molecule has 3 heterocycles. The van der Waals surface area contributed by atoms with Crippen LogP contribution in [0.25, 0.3) is 21.3 Å². The summed E-state index contributed by atoms with van der Waals surface area (Å²) in [4.78, 5) is 18.5. The first-order valence-electron chi connectivity index (χ1n) is 9.08. The normalized spacial score (nSPS) is 20.2. The lowest BCUT2D eigenvalue weighted by atomic mass is 10.0. The fraction of sp³-hybridized carbons (Fsp3) is 0.368. The second kappa shape index (κ2) is 7.76. The first kappa shape index (κ1) is 18.7. The number of likely N-dealkylation sites (tertiary alicyclic amines) is 1.